The van der Waals surface area contributed by atoms with E-state index in [2.05, 4.69) is 15.9 Å². The van der Waals surface area contributed by atoms with Gasteiger partial charge in [0.05, 0.1) is 11.0 Å². The van der Waals surface area contributed by atoms with Gasteiger partial charge in [-0.15, -0.1) is 0 Å². The fourth-order valence-corrected chi connectivity index (χ4v) is 4.76. The Labute approximate surface area is 128 Å². The van der Waals surface area contributed by atoms with Gasteiger partial charge in [-0.05, 0) is 36.6 Å². The van der Waals surface area contributed by atoms with Crippen molar-refractivity contribution in [2.24, 2.45) is 5.73 Å². The number of halogens is 1. The fraction of sp³-hybridized carbons (Fsp3) is 0.538. The second kappa shape index (κ2) is 6.11. The lowest BCUT2D eigenvalue weighted by atomic mass is 10.1. The molecule has 1 unspecified atom stereocenters. The molecule has 20 heavy (non-hydrogen) atoms. The molecule has 1 saturated heterocycles. The molecule has 5 nitrogen and oxygen atoms in total. The van der Waals surface area contributed by atoms with Gasteiger partial charge in [-0.2, -0.15) is 4.31 Å². The quantitative estimate of drug-likeness (QED) is 0.883. The molecule has 0 amide bonds. The van der Waals surface area contributed by atoms with Crippen molar-refractivity contribution < 1.29 is 13.2 Å². The van der Waals surface area contributed by atoms with Crippen molar-refractivity contribution in [1.82, 2.24) is 4.31 Å². The summed E-state index contributed by atoms with van der Waals surface area (Å²) in [6.45, 7) is 3.00. The number of hydrogen-bond acceptors (Lipinski definition) is 4. The molecule has 0 spiro atoms. The van der Waals surface area contributed by atoms with Gasteiger partial charge in [0.15, 0.2) is 0 Å². The van der Waals surface area contributed by atoms with E-state index in [0.29, 0.717) is 30.1 Å². The van der Waals surface area contributed by atoms with Gasteiger partial charge in [-0.1, -0.05) is 15.9 Å². The van der Waals surface area contributed by atoms with Crippen LogP contribution in [0.4, 0.5) is 0 Å². The van der Waals surface area contributed by atoms with E-state index in [-0.39, 0.29) is 6.10 Å². The Morgan fingerprint density at radius 2 is 2.20 bits per heavy atom. The van der Waals surface area contributed by atoms with Crippen LogP contribution in [0.1, 0.15) is 17.5 Å². The number of methoxy groups -OCH3 is 1. The standard InChI is InChI=1S/C13H19BrN2O3S/c1-9-12(14)5-10(7-15)6-13(9)20(17,18)16-4-3-11(8-16)19-2/h5-6,11H,3-4,7-8,15H2,1-2H3. The summed E-state index contributed by atoms with van der Waals surface area (Å²) < 4.78 is 33.0. The summed E-state index contributed by atoms with van der Waals surface area (Å²) in [6.07, 6.45) is 0.707. The van der Waals surface area contributed by atoms with Gasteiger partial charge in [0, 0.05) is 31.2 Å². The summed E-state index contributed by atoms with van der Waals surface area (Å²) in [6, 6.07) is 3.52. The van der Waals surface area contributed by atoms with Gasteiger partial charge >= 0.3 is 0 Å². The largest absolute Gasteiger partial charge is 0.380 e. The number of sulfonamides is 1. The molecular weight excluding hydrogens is 344 g/mol. The zero-order valence-electron chi connectivity index (χ0n) is 11.6. The van der Waals surface area contributed by atoms with Gasteiger partial charge in [0.25, 0.3) is 0 Å². The highest BCUT2D eigenvalue weighted by Gasteiger charge is 2.33. The van der Waals surface area contributed by atoms with Crippen LogP contribution < -0.4 is 5.73 Å². The molecule has 0 aromatic heterocycles. The van der Waals surface area contributed by atoms with E-state index in [1.54, 1.807) is 20.1 Å². The van der Waals surface area contributed by atoms with Crippen LogP contribution in [-0.4, -0.2) is 39.0 Å². The zero-order chi connectivity index (χ0) is 14.9. The molecule has 0 bridgehead atoms. The molecule has 1 heterocycles. The Bertz CT molecular complexity index is 604. The SMILES string of the molecule is COC1CCN(S(=O)(=O)c2cc(CN)cc(Br)c2C)C1. The van der Waals surface area contributed by atoms with Crippen LogP contribution in [0, 0.1) is 6.92 Å². The molecular formula is C13H19BrN2O3S. The van der Waals surface area contributed by atoms with Crippen molar-refractivity contribution in [3.63, 3.8) is 0 Å². The van der Waals surface area contributed by atoms with Crippen molar-refractivity contribution in [1.29, 1.82) is 0 Å². The first kappa shape index (κ1) is 15.9. The maximum atomic E-state index is 12.7. The third-order valence-electron chi connectivity index (χ3n) is 3.65. The third-order valence-corrected chi connectivity index (χ3v) is 6.47. The molecule has 1 aliphatic rings. The predicted molar refractivity (Wildman–Crippen MR) is 80.9 cm³/mol. The lowest BCUT2D eigenvalue weighted by Gasteiger charge is -2.19. The van der Waals surface area contributed by atoms with Gasteiger partial charge in [0.2, 0.25) is 10.0 Å². The van der Waals surface area contributed by atoms with Crippen LogP contribution in [0.5, 0.6) is 0 Å². The van der Waals surface area contributed by atoms with Crippen molar-refractivity contribution in [2.75, 3.05) is 20.2 Å². The molecule has 1 aromatic carbocycles. The molecule has 1 atom stereocenters. The highest BCUT2D eigenvalue weighted by molar-refractivity contribution is 9.10. The highest BCUT2D eigenvalue weighted by Crippen LogP contribution is 2.30. The van der Waals surface area contributed by atoms with E-state index < -0.39 is 10.0 Å². The molecule has 7 heteroatoms. The number of rotatable bonds is 4. The van der Waals surface area contributed by atoms with E-state index >= 15 is 0 Å². The molecule has 1 aliphatic heterocycles. The normalized spacial score (nSPS) is 20.5. The number of nitrogens with two attached hydrogens (primary N) is 1. The van der Waals surface area contributed by atoms with Crippen LogP contribution in [0.25, 0.3) is 0 Å². The van der Waals surface area contributed by atoms with E-state index in [1.165, 1.54) is 4.31 Å². The minimum atomic E-state index is -3.50. The fourth-order valence-electron chi connectivity index (χ4n) is 2.34. The Morgan fingerprint density at radius 1 is 1.50 bits per heavy atom. The Hall–Kier alpha value is -0.470. The van der Waals surface area contributed by atoms with E-state index in [4.69, 9.17) is 10.5 Å². The molecule has 0 saturated carbocycles. The number of benzene rings is 1. The van der Waals surface area contributed by atoms with Crippen LogP contribution in [0.15, 0.2) is 21.5 Å². The topological polar surface area (TPSA) is 72.6 Å². The molecule has 2 N–H and O–H groups in total. The first-order chi connectivity index (χ1) is 9.40. The van der Waals surface area contributed by atoms with E-state index in [0.717, 1.165) is 16.5 Å². The van der Waals surface area contributed by atoms with Crippen molar-refractivity contribution in [3.8, 4) is 0 Å². The van der Waals surface area contributed by atoms with Gasteiger partial charge in [-0.25, -0.2) is 8.42 Å². The summed E-state index contributed by atoms with van der Waals surface area (Å²) in [5.74, 6) is 0. The minimum Gasteiger partial charge on any atom is -0.380 e. The maximum Gasteiger partial charge on any atom is 0.243 e. The maximum absolute atomic E-state index is 12.7. The van der Waals surface area contributed by atoms with Gasteiger partial charge in [0.1, 0.15) is 0 Å². The van der Waals surface area contributed by atoms with Crippen molar-refractivity contribution >= 4 is 26.0 Å². The van der Waals surface area contributed by atoms with Crippen LogP contribution >= 0.6 is 15.9 Å². The van der Waals surface area contributed by atoms with Crippen LogP contribution in [0.2, 0.25) is 0 Å². The predicted octanol–water partition coefficient (Wildman–Crippen LogP) is 1.63. The summed E-state index contributed by atoms with van der Waals surface area (Å²) in [5.41, 5.74) is 7.13. The molecule has 2 rings (SSSR count). The smallest absolute Gasteiger partial charge is 0.243 e. The first-order valence-electron chi connectivity index (χ1n) is 6.42. The monoisotopic (exact) mass is 362 g/mol. The van der Waals surface area contributed by atoms with Crippen LogP contribution in [0.3, 0.4) is 0 Å². The lowest BCUT2D eigenvalue weighted by molar-refractivity contribution is 0.115. The second-order valence-electron chi connectivity index (χ2n) is 4.91. The van der Waals surface area contributed by atoms with Crippen molar-refractivity contribution in [3.05, 3.63) is 27.7 Å². The average molecular weight is 363 g/mol. The number of nitrogens with zero attached hydrogens (tertiary/aromatic N) is 1. The average Bonchev–Trinajstić information content (AvgIpc) is 2.91. The van der Waals surface area contributed by atoms with Crippen molar-refractivity contribution in [2.45, 2.75) is 30.9 Å². The summed E-state index contributed by atoms with van der Waals surface area (Å²) in [4.78, 5) is 0.323. The number of hydrogen-bond donors (Lipinski definition) is 1. The summed E-state index contributed by atoms with van der Waals surface area (Å²) in [5, 5.41) is 0. The Balaban J connectivity index is 2.42. The molecule has 1 fully saturated rings. The third kappa shape index (κ3) is 2.92. The zero-order valence-corrected chi connectivity index (χ0v) is 14.0. The number of ether oxygens (including phenoxy) is 1. The Kier molecular flexibility index (Phi) is 4.86. The summed E-state index contributed by atoms with van der Waals surface area (Å²) in [7, 11) is -1.89. The second-order valence-corrected chi connectivity index (χ2v) is 7.68. The molecule has 1 aromatic rings. The van der Waals surface area contributed by atoms with E-state index in [1.807, 2.05) is 6.07 Å². The molecule has 0 radical (unpaired) electrons. The van der Waals surface area contributed by atoms with Gasteiger partial charge in [-0.3, -0.25) is 0 Å². The highest BCUT2D eigenvalue weighted by atomic mass is 79.9. The van der Waals surface area contributed by atoms with Crippen LogP contribution in [-0.2, 0) is 21.3 Å². The van der Waals surface area contributed by atoms with Gasteiger partial charge < -0.3 is 10.5 Å². The lowest BCUT2D eigenvalue weighted by Crippen LogP contribution is -2.30. The molecule has 112 valence electrons. The first-order valence-corrected chi connectivity index (χ1v) is 8.65. The Morgan fingerprint density at radius 3 is 2.75 bits per heavy atom. The minimum absolute atomic E-state index is 0.0220. The molecule has 0 aliphatic carbocycles. The van der Waals surface area contributed by atoms with E-state index in [9.17, 15) is 8.42 Å². The summed E-state index contributed by atoms with van der Waals surface area (Å²) >= 11 is 3.40.